The molecule has 86 valence electrons. The fourth-order valence-electron chi connectivity index (χ4n) is 2.56. The molecule has 3 nitrogen and oxygen atoms in total. The van der Waals surface area contributed by atoms with Gasteiger partial charge in [0, 0.05) is 12.1 Å². The molecular weight excluding hydrogens is 190 g/mol. The van der Waals surface area contributed by atoms with E-state index >= 15 is 0 Å². The van der Waals surface area contributed by atoms with E-state index in [0.29, 0.717) is 5.92 Å². The Hall–Kier alpha value is -0.730. The Morgan fingerprint density at radius 1 is 1.40 bits per heavy atom. The van der Waals surface area contributed by atoms with Crippen molar-refractivity contribution in [2.24, 2.45) is 5.92 Å². The molecule has 1 unspecified atom stereocenters. The van der Waals surface area contributed by atoms with Crippen LogP contribution in [0.4, 0.5) is 4.79 Å². The maximum atomic E-state index is 12.0. The Balaban J connectivity index is 2.03. The van der Waals surface area contributed by atoms with E-state index in [1.165, 1.54) is 0 Å². The summed E-state index contributed by atoms with van der Waals surface area (Å²) in [5.41, 5.74) is -0.207. The van der Waals surface area contributed by atoms with Crippen molar-refractivity contribution in [3.8, 4) is 0 Å². The lowest BCUT2D eigenvalue weighted by Gasteiger charge is -2.30. The quantitative estimate of drug-likeness (QED) is 0.616. The number of carbonyl (C=O) groups excluding carboxylic acids is 1. The van der Waals surface area contributed by atoms with Crippen LogP contribution in [0.3, 0.4) is 0 Å². The topological polar surface area (TPSA) is 29.5 Å². The van der Waals surface area contributed by atoms with E-state index in [0.717, 1.165) is 25.8 Å². The smallest absolute Gasteiger partial charge is 0.410 e. The minimum Gasteiger partial charge on any atom is -0.444 e. The van der Waals surface area contributed by atoms with Gasteiger partial charge >= 0.3 is 6.09 Å². The van der Waals surface area contributed by atoms with Crippen LogP contribution in [0.2, 0.25) is 0 Å². The number of nitrogens with zero attached hydrogens (tertiary/aromatic N) is 1. The Kier molecular flexibility index (Phi) is 2.25. The number of hydrogen-bond donors (Lipinski definition) is 0. The molecule has 0 bridgehead atoms. The molecule has 0 aromatic heterocycles. The van der Waals surface area contributed by atoms with Crippen molar-refractivity contribution in [3.63, 3.8) is 0 Å². The van der Waals surface area contributed by atoms with Crippen molar-refractivity contribution < 1.29 is 9.53 Å². The van der Waals surface area contributed by atoms with E-state index in [-0.39, 0.29) is 17.2 Å². The third kappa shape index (κ3) is 1.84. The number of likely N-dealkylation sites (tertiary alicyclic amines) is 1. The van der Waals surface area contributed by atoms with Gasteiger partial charge in [0.15, 0.2) is 0 Å². The summed E-state index contributed by atoms with van der Waals surface area (Å²) in [6.07, 6.45) is 3.32. The van der Waals surface area contributed by atoms with Crippen LogP contribution in [0.5, 0.6) is 0 Å². The Morgan fingerprint density at radius 2 is 2.00 bits per heavy atom. The van der Waals surface area contributed by atoms with Crippen LogP contribution >= 0.6 is 0 Å². The summed E-state index contributed by atoms with van der Waals surface area (Å²) in [5, 5.41) is 0. The molecule has 3 heteroatoms. The van der Waals surface area contributed by atoms with Gasteiger partial charge in [-0.15, -0.1) is 0 Å². The average molecular weight is 211 g/mol. The first-order chi connectivity index (χ1) is 6.85. The summed E-state index contributed by atoms with van der Waals surface area (Å²) in [7, 11) is 0. The summed E-state index contributed by atoms with van der Waals surface area (Å²) in [6.45, 7) is 8.88. The Morgan fingerprint density at radius 3 is 2.47 bits per heavy atom. The van der Waals surface area contributed by atoms with Gasteiger partial charge < -0.3 is 9.64 Å². The van der Waals surface area contributed by atoms with Crippen molar-refractivity contribution in [1.82, 2.24) is 4.90 Å². The predicted molar refractivity (Wildman–Crippen MR) is 58.7 cm³/mol. The van der Waals surface area contributed by atoms with E-state index in [4.69, 9.17) is 4.74 Å². The first kappa shape index (κ1) is 10.8. The Labute approximate surface area is 91.8 Å². The Bertz CT molecular complexity index is 276. The maximum Gasteiger partial charge on any atom is 0.410 e. The van der Waals surface area contributed by atoms with Gasteiger partial charge in [-0.2, -0.15) is 0 Å². The normalized spacial score (nSPS) is 28.3. The third-order valence-corrected chi connectivity index (χ3v) is 3.62. The molecule has 2 aliphatic rings. The highest BCUT2D eigenvalue weighted by Gasteiger charge is 2.58. The van der Waals surface area contributed by atoms with E-state index < -0.39 is 0 Å². The molecule has 2 fully saturated rings. The van der Waals surface area contributed by atoms with Crippen molar-refractivity contribution in [3.05, 3.63) is 0 Å². The fourth-order valence-corrected chi connectivity index (χ4v) is 2.56. The van der Waals surface area contributed by atoms with Gasteiger partial charge in [0.25, 0.3) is 0 Å². The van der Waals surface area contributed by atoms with Crippen molar-refractivity contribution in [2.45, 2.75) is 58.1 Å². The van der Waals surface area contributed by atoms with Crippen LogP contribution in [-0.4, -0.2) is 28.7 Å². The average Bonchev–Trinajstić information content (AvgIpc) is 2.75. The fraction of sp³-hybridized carbons (Fsp3) is 0.917. The molecule has 0 radical (unpaired) electrons. The molecule has 15 heavy (non-hydrogen) atoms. The summed E-state index contributed by atoms with van der Waals surface area (Å²) >= 11 is 0. The molecule has 0 N–H and O–H groups in total. The molecule has 1 aliphatic heterocycles. The second-order valence-electron chi connectivity index (χ2n) is 5.93. The lowest BCUT2D eigenvalue weighted by Crippen LogP contribution is -2.42. The van der Waals surface area contributed by atoms with Crippen molar-refractivity contribution >= 4 is 6.09 Å². The monoisotopic (exact) mass is 211 g/mol. The summed E-state index contributed by atoms with van der Waals surface area (Å²) in [5.74, 6) is 0.644. The molecule has 1 amide bonds. The van der Waals surface area contributed by atoms with Gasteiger partial charge in [0.2, 0.25) is 0 Å². The number of amides is 1. The first-order valence-electron chi connectivity index (χ1n) is 5.86. The minimum atomic E-state index is -0.376. The molecule has 1 spiro atoms. The van der Waals surface area contributed by atoms with Gasteiger partial charge in [0.05, 0.1) is 0 Å². The number of hydrogen-bond acceptors (Lipinski definition) is 2. The lowest BCUT2D eigenvalue weighted by molar-refractivity contribution is 0.0183. The van der Waals surface area contributed by atoms with E-state index in [9.17, 15) is 4.79 Å². The first-order valence-corrected chi connectivity index (χ1v) is 5.86. The molecule has 0 aromatic rings. The van der Waals surface area contributed by atoms with E-state index in [1.54, 1.807) is 0 Å². The van der Waals surface area contributed by atoms with E-state index in [1.807, 2.05) is 25.7 Å². The zero-order valence-corrected chi connectivity index (χ0v) is 10.2. The maximum absolute atomic E-state index is 12.0. The van der Waals surface area contributed by atoms with Gasteiger partial charge in [0.1, 0.15) is 5.60 Å². The predicted octanol–water partition coefficient (Wildman–Crippen LogP) is 2.80. The standard InChI is InChI=1S/C12H21NO2/c1-9-5-8-13(12(9)6-7-12)10(14)15-11(2,3)4/h9H,5-8H2,1-4H3. The van der Waals surface area contributed by atoms with E-state index in [2.05, 4.69) is 6.92 Å². The largest absolute Gasteiger partial charge is 0.444 e. The van der Waals surface area contributed by atoms with Gasteiger partial charge in [-0.1, -0.05) is 6.92 Å². The van der Waals surface area contributed by atoms with Crippen LogP contribution in [0, 0.1) is 5.92 Å². The molecule has 0 aromatic carbocycles. The van der Waals surface area contributed by atoms with Gasteiger partial charge in [-0.25, -0.2) is 4.79 Å². The van der Waals surface area contributed by atoms with Gasteiger partial charge in [-0.05, 0) is 46.0 Å². The highest BCUT2D eigenvalue weighted by molar-refractivity contribution is 5.70. The molecule has 1 heterocycles. The van der Waals surface area contributed by atoms with Crippen LogP contribution < -0.4 is 0 Å². The zero-order chi connectivity index (χ0) is 11.3. The zero-order valence-electron chi connectivity index (χ0n) is 10.2. The highest BCUT2D eigenvalue weighted by atomic mass is 16.6. The van der Waals surface area contributed by atoms with Crippen LogP contribution in [0.1, 0.15) is 47.0 Å². The molecule has 1 aliphatic carbocycles. The molecule has 1 saturated carbocycles. The molecule has 2 rings (SSSR count). The minimum absolute atomic E-state index is 0.121. The second kappa shape index (κ2) is 3.13. The van der Waals surface area contributed by atoms with Crippen molar-refractivity contribution in [1.29, 1.82) is 0 Å². The number of ether oxygens (including phenoxy) is 1. The van der Waals surface area contributed by atoms with Gasteiger partial charge in [-0.3, -0.25) is 0 Å². The van der Waals surface area contributed by atoms with Crippen LogP contribution in [-0.2, 0) is 4.74 Å². The second-order valence-corrected chi connectivity index (χ2v) is 5.93. The number of carbonyl (C=O) groups is 1. The number of rotatable bonds is 0. The van der Waals surface area contributed by atoms with Crippen molar-refractivity contribution in [2.75, 3.05) is 6.54 Å². The lowest BCUT2D eigenvalue weighted by atomic mass is 10.0. The summed E-state index contributed by atoms with van der Waals surface area (Å²) < 4.78 is 5.43. The van der Waals surface area contributed by atoms with Crippen LogP contribution in [0.25, 0.3) is 0 Å². The summed E-state index contributed by atoms with van der Waals surface area (Å²) in [6, 6.07) is 0. The third-order valence-electron chi connectivity index (χ3n) is 3.62. The molecule has 1 atom stereocenters. The molecular formula is C12H21NO2. The molecule has 1 saturated heterocycles. The SMILES string of the molecule is CC1CCN(C(=O)OC(C)(C)C)C12CC2. The van der Waals surface area contributed by atoms with Crippen LogP contribution in [0.15, 0.2) is 0 Å². The summed E-state index contributed by atoms with van der Waals surface area (Å²) in [4.78, 5) is 13.9. The highest BCUT2D eigenvalue weighted by Crippen LogP contribution is 2.53.